The van der Waals surface area contributed by atoms with Crippen molar-refractivity contribution in [1.82, 2.24) is 0 Å². The molecule has 0 saturated heterocycles. The van der Waals surface area contributed by atoms with Gasteiger partial charge < -0.3 is 5.73 Å². The molecule has 1 rings (SSSR count). The first-order valence-electron chi connectivity index (χ1n) is 3.97. The van der Waals surface area contributed by atoms with E-state index in [4.69, 9.17) is 5.73 Å². The van der Waals surface area contributed by atoms with Gasteiger partial charge in [0.15, 0.2) is 0 Å². The standard InChI is InChI=1S/C8H10F2N2O2S/c1-12(15(13,14)8(9)10)7-4-2-6(11)3-5-7/h2-5,8H,11H2,1H3. The second-order valence-electron chi connectivity index (χ2n) is 2.86. The van der Waals surface area contributed by atoms with E-state index in [1.807, 2.05) is 0 Å². The van der Waals surface area contributed by atoms with Crippen LogP contribution in [0.15, 0.2) is 24.3 Å². The number of hydrogen-bond donors (Lipinski definition) is 1. The first-order chi connectivity index (χ1) is 6.85. The molecular formula is C8H10F2N2O2S. The Morgan fingerprint density at radius 3 is 2.13 bits per heavy atom. The summed E-state index contributed by atoms with van der Waals surface area (Å²) < 4.78 is 47.0. The zero-order valence-corrected chi connectivity index (χ0v) is 8.71. The third-order valence-corrected chi connectivity index (χ3v) is 3.29. The van der Waals surface area contributed by atoms with Gasteiger partial charge >= 0.3 is 5.76 Å². The van der Waals surface area contributed by atoms with E-state index in [1.165, 1.54) is 24.3 Å². The second-order valence-corrected chi connectivity index (χ2v) is 4.80. The third kappa shape index (κ3) is 2.35. The first kappa shape index (κ1) is 11.7. The summed E-state index contributed by atoms with van der Waals surface area (Å²) >= 11 is 0. The fourth-order valence-electron chi connectivity index (χ4n) is 0.951. The minimum absolute atomic E-state index is 0.143. The van der Waals surface area contributed by atoms with Gasteiger partial charge in [-0.25, -0.2) is 8.42 Å². The van der Waals surface area contributed by atoms with Crippen LogP contribution >= 0.6 is 0 Å². The summed E-state index contributed by atoms with van der Waals surface area (Å²) in [5, 5.41) is 0. The maximum atomic E-state index is 12.2. The van der Waals surface area contributed by atoms with Gasteiger partial charge in [-0.2, -0.15) is 8.78 Å². The number of nitrogens with two attached hydrogens (primary N) is 1. The fourth-order valence-corrected chi connectivity index (χ4v) is 1.61. The highest BCUT2D eigenvalue weighted by Crippen LogP contribution is 2.21. The van der Waals surface area contributed by atoms with Gasteiger partial charge in [0.05, 0.1) is 5.69 Å². The second kappa shape index (κ2) is 4.01. The Morgan fingerprint density at radius 2 is 1.73 bits per heavy atom. The number of anilines is 2. The molecule has 0 spiro atoms. The zero-order valence-electron chi connectivity index (χ0n) is 7.89. The molecule has 0 aliphatic carbocycles. The van der Waals surface area contributed by atoms with E-state index in [2.05, 4.69) is 0 Å². The lowest BCUT2D eigenvalue weighted by molar-refractivity contribution is 0.234. The maximum Gasteiger partial charge on any atom is 0.355 e. The molecule has 84 valence electrons. The summed E-state index contributed by atoms with van der Waals surface area (Å²) in [7, 11) is -3.52. The van der Waals surface area contributed by atoms with Gasteiger partial charge in [0.25, 0.3) is 10.0 Å². The van der Waals surface area contributed by atoms with Crippen molar-refractivity contribution in [2.75, 3.05) is 17.1 Å². The Balaban J connectivity index is 3.05. The predicted molar refractivity (Wildman–Crippen MR) is 54.2 cm³/mol. The minimum atomic E-state index is -4.58. The number of nitrogen functional groups attached to an aromatic ring is 1. The topological polar surface area (TPSA) is 63.4 Å². The van der Waals surface area contributed by atoms with Gasteiger partial charge in [-0.1, -0.05) is 0 Å². The lowest BCUT2D eigenvalue weighted by Gasteiger charge is -2.18. The summed E-state index contributed by atoms with van der Waals surface area (Å²) in [6.07, 6.45) is 0. The van der Waals surface area contributed by atoms with Crippen molar-refractivity contribution in [3.63, 3.8) is 0 Å². The van der Waals surface area contributed by atoms with Crippen LogP contribution in [0.25, 0.3) is 0 Å². The smallest absolute Gasteiger partial charge is 0.355 e. The lowest BCUT2D eigenvalue weighted by Crippen LogP contribution is -2.31. The van der Waals surface area contributed by atoms with Crippen LogP contribution < -0.4 is 10.0 Å². The predicted octanol–water partition coefficient (Wildman–Crippen LogP) is 1.26. The van der Waals surface area contributed by atoms with Crippen molar-refractivity contribution >= 4 is 21.4 Å². The van der Waals surface area contributed by atoms with Crippen molar-refractivity contribution in [3.05, 3.63) is 24.3 Å². The van der Waals surface area contributed by atoms with Gasteiger partial charge in [-0.15, -0.1) is 0 Å². The monoisotopic (exact) mass is 236 g/mol. The highest BCUT2D eigenvalue weighted by molar-refractivity contribution is 7.93. The third-order valence-electron chi connectivity index (χ3n) is 1.86. The fraction of sp³-hybridized carbons (Fsp3) is 0.250. The van der Waals surface area contributed by atoms with E-state index in [1.54, 1.807) is 0 Å². The van der Waals surface area contributed by atoms with Crippen LogP contribution in [-0.4, -0.2) is 21.2 Å². The molecule has 2 N–H and O–H groups in total. The van der Waals surface area contributed by atoms with Crippen LogP contribution in [0.2, 0.25) is 0 Å². The van der Waals surface area contributed by atoms with Gasteiger partial charge in [-0.3, -0.25) is 4.31 Å². The van der Waals surface area contributed by atoms with E-state index in [9.17, 15) is 17.2 Å². The number of rotatable bonds is 3. The summed E-state index contributed by atoms with van der Waals surface area (Å²) in [4.78, 5) is 0. The Morgan fingerprint density at radius 1 is 1.27 bits per heavy atom. The molecule has 0 amide bonds. The molecule has 0 atom stereocenters. The molecule has 0 aromatic heterocycles. The van der Waals surface area contributed by atoms with Crippen molar-refractivity contribution in [2.24, 2.45) is 0 Å². The van der Waals surface area contributed by atoms with E-state index in [-0.39, 0.29) is 5.69 Å². The van der Waals surface area contributed by atoms with E-state index >= 15 is 0 Å². The quantitative estimate of drug-likeness (QED) is 0.803. The van der Waals surface area contributed by atoms with Crippen LogP contribution in [0.4, 0.5) is 20.2 Å². The number of halogens is 2. The van der Waals surface area contributed by atoms with Gasteiger partial charge in [0.1, 0.15) is 0 Å². The highest BCUT2D eigenvalue weighted by Gasteiger charge is 2.29. The van der Waals surface area contributed by atoms with Crippen molar-refractivity contribution in [2.45, 2.75) is 5.76 Å². The number of benzene rings is 1. The van der Waals surface area contributed by atoms with E-state index in [0.717, 1.165) is 7.05 Å². The molecule has 1 aromatic carbocycles. The molecule has 0 bridgehead atoms. The number of sulfonamides is 1. The molecule has 0 unspecified atom stereocenters. The van der Waals surface area contributed by atoms with Crippen molar-refractivity contribution in [3.8, 4) is 0 Å². The molecule has 7 heteroatoms. The van der Waals surface area contributed by atoms with Crippen LogP contribution in [-0.2, 0) is 10.0 Å². The molecule has 0 radical (unpaired) electrons. The van der Waals surface area contributed by atoms with Gasteiger partial charge in [-0.05, 0) is 24.3 Å². The molecular weight excluding hydrogens is 226 g/mol. The molecule has 0 fully saturated rings. The number of nitrogens with zero attached hydrogens (tertiary/aromatic N) is 1. The minimum Gasteiger partial charge on any atom is -0.399 e. The van der Waals surface area contributed by atoms with Crippen LogP contribution in [0.1, 0.15) is 0 Å². The molecule has 0 heterocycles. The van der Waals surface area contributed by atoms with E-state index < -0.39 is 15.8 Å². The van der Waals surface area contributed by atoms with Crippen LogP contribution in [0.3, 0.4) is 0 Å². The molecule has 4 nitrogen and oxygen atoms in total. The first-order valence-corrected chi connectivity index (χ1v) is 5.47. The average molecular weight is 236 g/mol. The van der Waals surface area contributed by atoms with Crippen LogP contribution in [0, 0.1) is 0 Å². The van der Waals surface area contributed by atoms with Gasteiger partial charge in [0, 0.05) is 12.7 Å². The Hall–Kier alpha value is -1.37. The largest absolute Gasteiger partial charge is 0.399 e. The number of alkyl halides is 2. The summed E-state index contributed by atoms with van der Waals surface area (Å²) in [5.74, 6) is -3.43. The van der Waals surface area contributed by atoms with E-state index in [0.29, 0.717) is 9.99 Å². The average Bonchev–Trinajstić information content (AvgIpc) is 2.17. The Labute approximate surface area is 86.4 Å². The summed E-state index contributed by atoms with van der Waals surface area (Å²) in [5.41, 5.74) is 5.95. The SMILES string of the molecule is CN(c1ccc(N)cc1)S(=O)(=O)C(F)F. The molecule has 1 aromatic rings. The lowest BCUT2D eigenvalue weighted by atomic mass is 10.3. The highest BCUT2D eigenvalue weighted by atomic mass is 32.2. The van der Waals surface area contributed by atoms with Crippen LogP contribution in [0.5, 0.6) is 0 Å². The van der Waals surface area contributed by atoms with Crippen molar-refractivity contribution in [1.29, 1.82) is 0 Å². The summed E-state index contributed by atoms with van der Waals surface area (Å²) in [6.45, 7) is 0. The zero-order chi connectivity index (χ0) is 11.6. The molecule has 0 aliphatic rings. The normalized spacial score (nSPS) is 11.7. The maximum absolute atomic E-state index is 12.2. The van der Waals surface area contributed by atoms with Gasteiger partial charge in [0.2, 0.25) is 0 Å². The molecule has 15 heavy (non-hydrogen) atoms. The Kier molecular flexibility index (Phi) is 3.13. The Bertz CT molecular complexity index is 430. The number of hydrogen-bond acceptors (Lipinski definition) is 3. The molecule has 0 aliphatic heterocycles. The van der Waals surface area contributed by atoms with Crippen molar-refractivity contribution < 1.29 is 17.2 Å². The molecule has 0 saturated carbocycles. The summed E-state index contributed by atoms with van der Waals surface area (Å²) in [6, 6.07) is 5.59.